The van der Waals surface area contributed by atoms with Crippen molar-refractivity contribution in [2.75, 3.05) is 20.6 Å². The summed E-state index contributed by atoms with van der Waals surface area (Å²) < 4.78 is 0. The maximum atomic E-state index is 11.9. The molecule has 0 bridgehead atoms. The molecule has 1 saturated carbocycles. The van der Waals surface area contributed by atoms with Gasteiger partial charge in [0.15, 0.2) is 0 Å². The molecular formula is C12H21N3O4. The van der Waals surface area contributed by atoms with Crippen LogP contribution in [0.3, 0.4) is 0 Å². The van der Waals surface area contributed by atoms with Crippen LogP contribution < -0.4 is 10.6 Å². The van der Waals surface area contributed by atoms with E-state index in [1.807, 2.05) is 0 Å². The van der Waals surface area contributed by atoms with E-state index >= 15 is 0 Å². The number of rotatable bonds is 5. The number of carbonyl (C=O) groups is 3. The Labute approximate surface area is 112 Å². The van der Waals surface area contributed by atoms with Crippen LogP contribution in [0.4, 0.5) is 4.79 Å². The number of nitrogens with zero attached hydrogens (tertiary/aromatic N) is 1. The molecule has 3 amide bonds. The molecule has 0 aliphatic heterocycles. The van der Waals surface area contributed by atoms with Crippen LogP contribution in [-0.4, -0.2) is 54.1 Å². The molecule has 0 aromatic heterocycles. The van der Waals surface area contributed by atoms with Crippen LogP contribution in [0.15, 0.2) is 0 Å². The number of amides is 3. The Bertz CT molecular complexity index is 364. The molecule has 0 aromatic rings. The molecule has 1 rings (SSSR count). The largest absolute Gasteiger partial charge is 0.480 e. The minimum absolute atomic E-state index is 0.159. The zero-order valence-electron chi connectivity index (χ0n) is 11.4. The van der Waals surface area contributed by atoms with Crippen LogP contribution in [0.5, 0.6) is 0 Å². The van der Waals surface area contributed by atoms with Gasteiger partial charge in [-0.15, -0.1) is 0 Å². The van der Waals surface area contributed by atoms with E-state index in [9.17, 15) is 19.5 Å². The van der Waals surface area contributed by atoms with Crippen molar-refractivity contribution in [3.05, 3.63) is 0 Å². The quantitative estimate of drug-likeness (QED) is 0.663. The summed E-state index contributed by atoms with van der Waals surface area (Å²) in [6.45, 7) is 0.251. The Hall–Kier alpha value is -1.79. The molecule has 0 heterocycles. The second kappa shape index (κ2) is 6.40. The number of carboxylic acids is 1. The highest BCUT2D eigenvalue weighted by molar-refractivity contribution is 5.86. The molecule has 1 fully saturated rings. The molecular weight excluding hydrogens is 250 g/mol. The molecule has 19 heavy (non-hydrogen) atoms. The summed E-state index contributed by atoms with van der Waals surface area (Å²) in [5.74, 6) is -1.15. The van der Waals surface area contributed by atoms with Crippen LogP contribution in [0, 0.1) is 0 Å². The third-order valence-electron chi connectivity index (χ3n) is 3.51. The highest BCUT2D eigenvalue weighted by Crippen LogP contribution is 2.30. The highest BCUT2D eigenvalue weighted by atomic mass is 16.4. The van der Waals surface area contributed by atoms with Gasteiger partial charge in [-0.2, -0.15) is 0 Å². The second-order valence-corrected chi connectivity index (χ2v) is 4.87. The normalized spacial score (nSPS) is 16.7. The molecule has 0 atom stereocenters. The zero-order valence-corrected chi connectivity index (χ0v) is 11.4. The van der Waals surface area contributed by atoms with Gasteiger partial charge in [-0.1, -0.05) is 12.8 Å². The number of aliphatic carboxylic acids is 1. The first-order valence-electron chi connectivity index (χ1n) is 6.38. The summed E-state index contributed by atoms with van der Waals surface area (Å²) in [7, 11) is 3.07. The van der Waals surface area contributed by atoms with Crippen LogP contribution in [-0.2, 0) is 9.59 Å². The van der Waals surface area contributed by atoms with E-state index in [4.69, 9.17) is 0 Å². The lowest BCUT2D eigenvalue weighted by atomic mass is 9.98. The Morgan fingerprint density at radius 2 is 1.84 bits per heavy atom. The van der Waals surface area contributed by atoms with Crippen molar-refractivity contribution >= 4 is 17.9 Å². The molecule has 0 saturated heterocycles. The lowest BCUT2D eigenvalue weighted by molar-refractivity contribution is -0.144. The molecule has 0 unspecified atom stereocenters. The minimum Gasteiger partial charge on any atom is -0.480 e. The summed E-state index contributed by atoms with van der Waals surface area (Å²) in [6, 6.07) is -0.451. The van der Waals surface area contributed by atoms with Crippen molar-refractivity contribution in [1.29, 1.82) is 0 Å². The first-order valence-corrected chi connectivity index (χ1v) is 6.38. The van der Waals surface area contributed by atoms with Crippen molar-refractivity contribution < 1.29 is 19.5 Å². The standard InChI is InChI=1S/C12H21N3O4/c1-13-9(16)5-8-15(2)11(19)14-12(10(17)18)6-3-4-7-12/h3-8H2,1-2H3,(H,13,16)(H,14,19)(H,17,18). The van der Waals surface area contributed by atoms with Gasteiger partial charge in [-0.3, -0.25) is 4.79 Å². The van der Waals surface area contributed by atoms with Gasteiger partial charge >= 0.3 is 12.0 Å². The van der Waals surface area contributed by atoms with Gasteiger partial charge in [-0.05, 0) is 12.8 Å². The molecule has 108 valence electrons. The van der Waals surface area contributed by atoms with Crippen molar-refractivity contribution in [2.45, 2.75) is 37.6 Å². The Morgan fingerprint density at radius 3 is 2.32 bits per heavy atom. The number of hydrogen-bond acceptors (Lipinski definition) is 3. The maximum absolute atomic E-state index is 11.9. The minimum atomic E-state index is -1.14. The monoisotopic (exact) mass is 271 g/mol. The van der Waals surface area contributed by atoms with Gasteiger partial charge in [0.25, 0.3) is 0 Å². The van der Waals surface area contributed by atoms with Crippen LogP contribution >= 0.6 is 0 Å². The number of urea groups is 1. The number of carboxylic acid groups (broad SMARTS) is 1. The molecule has 7 heteroatoms. The van der Waals surface area contributed by atoms with Crippen molar-refractivity contribution in [2.24, 2.45) is 0 Å². The number of carbonyl (C=O) groups excluding carboxylic acids is 2. The van der Waals surface area contributed by atoms with Gasteiger partial charge in [0.2, 0.25) is 5.91 Å². The van der Waals surface area contributed by atoms with Crippen LogP contribution in [0.25, 0.3) is 0 Å². The van der Waals surface area contributed by atoms with Gasteiger partial charge in [0.05, 0.1) is 0 Å². The maximum Gasteiger partial charge on any atom is 0.329 e. The molecule has 3 N–H and O–H groups in total. The summed E-state index contributed by atoms with van der Waals surface area (Å²) >= 11 is 0. The lowest BCUT2D eigenvalue weighted by Gasteiger charge is -2.28. The van der Waals surface area contributed by atoms with Crippen molar-refractivity contribution in [3.8, 4) is 0 Å². The summed E-state index contributed by atoms with van der Waals surface area (Å²) in [5, 5.41) is 14.3. The third kappa shape index (κ3) is 3.84. The summed E-state index contributed by atoms with van der Waals surface area (Å²) in [5.41, 5.74) is -1.14. The molecule has 0 spiro atoms. The lowest BCUT2D eigenvalue weighted by Crippen LogP contribution is -2.56. The Kier molecular flexibility index (Phi) is 5.14. The fourth-order valence-electron chi connectivity index (χ4n) is 2.17. The van der Waals surface area contributed by atoms with Gasteiger partial charge < -0.3 is 20.6 Å². The molecule has 0 radical (unpaired) electrons. The fourth-order valence-corrected chi connectivity index (χ4v) is 2.17. The van der Waals surface area contributed by atoms with E-state index in [2.05, 4.69) is 10.6 Å². The van der Waals surface area contributed by atoms with Crippen LogP contribution in [0.1, 0.15) is 32.1 Å². The van der Waals surface area contributed by atoms with Gasteiger partial charge in [0.1, 0.15) is 5.54 Å². The topological polar surface area (TPSA) is 98.7 Å². The van der Waals surface area contributed by atoms with Crippen molar-refractivity contribution in [3.63, 3.8) is 0 Å². The SMILES string of the molecule is CNC(=O)CCN(C)C(=O)NC1(C(=O)O)CCCC1. The van der Waals surface area contributed by atoms with E-state index in [-0.39, 0.29) is 18.9 Å². The van der Waals surface area contributed by atoms with E-state index in [0.29, 0.717) is 12.8 Å². The average Bonchev–Trinajstić information content (AvgIpc) is 2.85. The van der Waals surface area contributed by atoms with Crippen LogP contribution in [0.2, 0.25) is 0 Å². The van der Waals surface area contributed by atoms with E-state index in [1.54, 1.807) is 7.05 Å². The Morgan fingerprint density at radius 1 is 1.26 bits per heavy atom. The molecule has 7 nitrogen and oxygen atoms in total. The van der Waals surface area contributed by atoms with Crippen molar-refractivity contribution in [1.82, 2.24) is 15.5 Å². The highest BCUT2D eigenvalue weighted by Gasteiger charge is 2.43. The predicted molar refractivity (Wildman–Crippen MR) is 68.7 cm³/mol. The zero-order chi connectivity index (χ0) is 14.5. The average molecular weight is 271 g/mol. The third-order valence-corrected chi connectivity index (χ3v) is 3.51. The van der Waals surface area contributed by atoms with E-state index in [0.717, 1.165) is 12.8 Å². The second-order valence-electron chi connectivity index (χ2n) is 4.87. The molecule has 0 aromatic carbocycles. The molecule has 1 aliphatic carbocycles. The van der Waals surface area contributed by atoms with Gasteiger partial charge in [-0.25, -0.2) is 9.59 Å². The van der Waals surface area contributed by atoms with E-state index < -0.39 is 17.5 Å². The summed E-state index contributed by atoms with van der Waals surface area (Å²) in [4.78, 5) is 35.6. The number of nitrogens with one attached hydrogen (secondary N) is 2. The molecule has 1 aliphatic rings. The number of hydrogen-bond donors (Lipinski definition) is 3. The first kappa shape index (κ1) is 15.3. The smallest absolute Gasteiger partial charge is 0.329 e. The Balaban J connectivity index is 2.53. The first-order chi connectivity index (χ1) is 8.91. The van der Waals surface area contributed by atoms with E-state index in [1.165, 1.54) is 11.9 Å². The fraction of sp³-hybridized carbons (Fsp3) is 0.750. The van der Waals surface area contributed by atoms with Gasteiger partial charge in [0, 0.05) is 27.1 Å². The predicted octanol–water partition coefficient (Wildman–Crippen LogP) is 0.161. The summed E-state index contributed by atoms with van der Waals surface area (Å²) in [6.07, 6.45) is 2.71.